The summed E-state index contributed by atoms with van der Waals surface area (Å²) in [5.41, 5.74) is -0.558. The van der Waals surface area contributed by atoms with Crippen LogP contribution in [0.15, 0.2) is 0 Å². The molecule has 0 rings (SSSR count). The van der Waals surface area contributed by atoms with E-state index in [0.717, 1.165) is 0 Å². The van der Waals surface area contributed by atoms with E-state index < -0.39 is 23.0 Å². The minimum absolute atomic E-state index is 0.163. The number of ether oxygens (including phenoxy) is 1. The topological polar surface area (TPSA) is 75.6 Å². The number of rotatable bonds is 4. The Morgan fingerprint density at radius 3 is 2.40 bits per heavy atom. The predicted molar refractivity (Wildman–Crippen MR) is 56.1 cm³/mol. The third kappa shape index (κ3) is 8.05. The van der Waals surface area contributed by atoms with Crippen LogP contribution in [0.4, 0.5) is 4.79 Å². The van der Waals surface area contributed by atoms with E-state index in [9.17, 15) is 9.59 Å². The molecule has 88 valence electrons. The van der Waals surface area contributed by atoms with Gasteiger partial charge in [-0.2, -0.15) is 0 Å². The number of hydrogen-bond donors (Lipinski definition) is 2. The first-order valence-corrected chi connectivity index (χ1v) is 5.00. The van der Waals surface area contributed by atoms with E-state index >= 15 is 0 Å². The van der Waals surface area contributed by atoms with Crippen molar-refractivity contribution in [1.29, 1.82) is 0 Å². The molecular weight excluding hydrogens is 222 g/mol. The lowest BCUT2D eigenvalue weighted by Gasteiger charge is -2.19. The van der Waals surface area contributed by atoms with Crippen LogP contribution < -0.4 is 5.32 Å². The zero-order valence-electron chi connectivity index (χ0n) is 9.04. The van der Waals surface area contributed by atoms with Crippen molar-refractivity contribution in [2.75, 3.05) is 6.54 Å². The Kier molecular flexibility index (Phi) is 5.43. The average Bonchev–Trinajstić information content (AvgIpc) is 2.00. The number of carboxylic acid groups (broad SMARTS) is 1. The fourth-order valence-electron chi connectivity index (χ4n) is 0.739. The Morgan fingerprint density at radius 2 is 2.00 bits per heavy atom. The van der Waals surface area contributed by atoms with Crippen molar-refractivity contribution in [2.45, 2.75) is 38.2 Å². The van der Waals surface area contributed by atoms with Gasteiger partial charge in [0.05, 0.1) is 0 Å². The minimum atomic E-state index is -1.09. The van der Waals surface area contributed by atoms with E-state index in [-0.39, 0.29) is 13.0 Å². The third-order valence-corrected chi connectivity index (χ3v) is 1.74. The van der Waals surface area contributed by atoms with Gasteiger partial charge in [0.1, 0.15) is 11.0 Å². The van der Waals surface area contributed by atoms with E-state index in [0.29, 0.717) is 0 Å². The molecule has 0 heterocycles. The van der Waals surface area contributed by atoms with Gasteiger partial charge in [0.2, 0.25) is 0 Å². The van der Waals surface area contributed by atoms with Crippen molar-refractivity contribution in [1.82, 2.24) is 5.32 Å². The lowest BCUT2D eigenvalue weighted by molar-refractivity contribution is -0.136. The van der Waals surface area contributed by atoms with Crippen LogP contribution in [0, 0.1) is 0 Å². The molecule has 0 radical (unpaired) electrons. The fourth-order valence-corrected chi connectivity index (χ4v) is 0.848. The number of aliphatic carboxylic acids is 1. The highest BCUT2D eigenvalue weighted by molar-refractivity contribution is 6.29. The molecule has 15 heavy (non-hydrogen) atoms. The van der Waals surface area contributed by atoms with Crippen LogP contribution in [0.25, 0.3) is 0 Å². The van der Waals surface area contributed by atoms with Gasteiger partial charge in [-0.15, -0.1) is 11.6 Å². The van der Waals surface area contributed by atoms with Gasteiger partial charge in [-0.25, -0.2) is 4.79 Å². The second-order valence-electron chi connectivity index (χ2n) is 4.02. The van der Waals surface area contributed by atoms with Crippen LogP contribution in [-0.2, 0) is 9.53 Å². The number of carboxylic acids is 1. The summed E-state index contributed by atoms with van der Waals surface area (Å²) < 4.78 is 4.94. The molecule has 0 aromatic rings. The predicted octanol–water partition coefficient (Wildman–Crippen LogP) is 1.59. The van der Waals surface area contributed by atoms with E-state index in [1.165, 1.54) is 0 Å². The Bertz CT molecular complexity index is 237. The fraction of sp³-hybridized carbons (Fsp3) is 0.778. The molecule has 0 aliphatic heterocycles. The molecule has 0 aromatic heterocycles. The molecule has 6 heteroatoms. The Morgan fingerprint density at radius 1 is 1.47 bits per heavy atom. The summed E-state index contributed by atoms with van der Waals surface area (Å²) in [6.07, 6.45) is -0.410. The van der Waals surface area contributed by atoms with Gasteiger partial charge in [-0.3, -0.25) is 4.79 Å². The summed E-state index contributed by atoms with van der Waals surface area (Å²) in [5, 5.41) is 9.89. The molecule has 0 spiro atoms. The minimum Gasteiger partial charge on any atom is -0.480 e. The lowest BCUT2D eigenvalue weighted by Crippen LogP contribution is -2.34. The Hall–Kier alpha value is -0.970. The smallest absolute Gasteiger partial charge is 0.407 e. The summed E-state index contributed by atoms with van der Waals surface area (Å²) >= 11 is 5.44. The summed E-state index contributed by atoms with van der Waals surface area (Å²) in [6.45, 7) is 5.41. The molecule has 0 bridgehead atoms. The van der Waals surface area contributed by atoms with E-state index in [2.05, 4.69) is 5.32 Å². The largest absolute Gasteiger partial charge is 0.480 e. The maximum atomic E-state index is 11.1. The number of hydrogen-bond acceptors (Lipinski definition) is 3. The van der Waals surface area contributed by atoms with Crippen molar-refractivity contribution in [3.05, 3.63) is 0 Å². The van der Waals surface area contributed by atoms with Gasteiger partial charge in [0, 0.05) is 6.54 Å². The highest BCUT2D eigenvalue weighted by Gasteiger charge is 2.17. The highest BCUT2D eigenvalue weighted by Crippen LogP contribution is 2.06. The lowest BCUT2D eigenvalue weighted by atomic mass is 10.2. The van der Waals surface area contributed by atoms with Crippen LogP contribution in [0.5, 0.6) is 0 Å². The zero-order chi connectivity index (χ0) is 12.1. The van der Waals surface area contributed by atoms with Crippen molar-refractivity contribution in [2.24, 2.45) is 0 Å². The molecule has 0 unspecified atom stereocenters. The number of amides is 1. The van der Waals surface area contributed by atoms with E-state index in [1.807, 2.05) is 0 Å². The Labute approximate surface area is 93.7 Å². The molecule has 0 aliphatic carbocycles. The maximum absolute atomic E-state index is 11.1. The Balaban J connectivity index is 3.69. The maximum Gasteiger partial charge on any atom is 0.407 e. The second kappa shape index (κ2) is 5.80. The number of nitrogens with one attached hydrogen (secondary N) is 1. The first-order chi connectivity index (χ1) is 6.72. The monoisotopic (exact) mass is 237 g/mol. The number of alkyl carbamates (subject to hydrolysis) is 1. The van der Waals surface area contributed by atoms with Crippen LogP contribution in [-0.4, -0.2) is 34.7 Å². The highest BCUT2D eigenvalue weighted by atomic mass is 35.5. The quantitative estimate of drug-likeness (QED) is 0.728. The normalized spacial score (nSPS) is 13.1. The van der Waals surface area contributed by atoms with Crippen LogP contribution >= 0.6 is 11.6 Å². The van der Waals surface area contributed by atoms with Crippen molar-refractivity contribution < 1.29 is 19.4 Å². The van der Waals surface area contributed by atoms with E-state index in [1.54, 1.807) is 20.8 Å². The van der Waals surface area contributed by atoms with Gasteiger partial charge in [-0.05, 0) is 27.2 Å². The molecule has 0 aliphatic rings. The summed E-state index contributed by atoms with van der Waals surface area (Å²) in [6, 6.07) is 0. The third-order valence-electron chi connectivity index (χ3n) is 1.33. The number of halogens is 1. The van der Waals surface area contributed by atoms with Crippen LogP contribution in [0.3, 0.4) is 0 Å². The SMILES string of the molecule is CC(C)(C)OC(=O)NCC[C@@H](Cl)C(=O)O. The van der Waals surface area contributed by atoms with Crippen LogP contribution in [0.1, 0.15) is 27.2 Å². The number of alkyl halides is 1. The van der Waals surface area contributed by atoms with Crippen molar-refractivity contribution in [3.63, 3.8) is 0 Å². The molecular formula is C9H16ClNO4. The second-order valence-corrected chi connectivity index (χ2v) is 4.55. The molecule has 0 fully saturated rings. The standard InChI is InChI=1S/C9H16ClNO4/c1-9(2,3)15-8(14)11-5-4-6(10)7(12)13/h6H,4-5H2,1-3H3,(H,11,14)(H,12,13)/t6-/m1/s1. The molecule has 1 amide bonds. The number of carbonyl (C=O) groups is 2. The molecule has 0 aromatic carbocycles. The molecule has 0 saturated carbocycles. The zero-order valence-corrected chi connectivity index (χ0v) is 9.80. The summed E-state index contributed by atoms with van der Waals surface area (Å²) in [5.74, 6) is -1.09. The summed E-state index contributed by atoms with van der Waals surface area (Å²) in [7, 11) is 0. The molecule has 0 saturated heterocycles. The van der Waals surface area contributed by atoms with E-state index in [4.69, 9.17) is 21.4 Å². The van der Waals surface area contributed by atoms with Gasteiger partial charge < -0.3 is 15.2 Å². The number of carbonyl (C=O) groups excluding carboxylic acids is 1. The molecule has 1 atom stereocenters. The van der Waals surface area contributed by atoms with Crippen molar-refractivity contribution >= 4 is 23.7 Å². The van der Waals surface area contributed by atoms with Gasteiger partial charge in [0.15, 0.2) is 0 Å². The first kappa shape index (κ1) is 14.0. The van der Waals surface area contributed by atoms with Gasteiger partial charge >= 0.3 is 12.1 Å². The average molecular weight is 238 g/mol. The van der Waals surface area contributed by atoms with Gasteiger partial charge in [-0.1, -0.05) is 0 Å². The molecule has 5 nitrogen and oxygen atoms in total. The summed E-state index contributed by atoms with van der Waals surface area (Å²) in [4.78, 5) is 21.4. The van der Waals surface area contributed by atoms with Gasteiger partial charge in [0.25, 0.3) is 0 Å². The van der Waals surface area contributed by atoms with Crippen molar-refractivity contribution in [3.8, 4) is 0 Å². The first-order valence-electron chi connectivity index (χ1n) is 4.56. The molecule has 2 N–H and O–H groups in total. The van der Waals surface area contributed by atoms with Crippen LogP contribution in [0.2, 0.25) is 0 Å².